The monoisotopic (exact) mass is 492 g/mol. The number of nitrogens with one attached hydrogen (secondary N) is 1. The molecule has 1 N–H and O–H groups in total. The van der Waals surface area contributed by atoms with Crippen molar-refractivity contribution in [3.05, 3.63) is 107 Å². The number of rotatable bonds is 12. The Bertz CT molecular complexity index is 1090. The van der Waals surface area contributed by atoms with Crippen molar-refractivity contribution < 1.29 is 14.0 Å². The SMILES string of the molecule is CCCNC(=O)C(Cc1ccccc1)N(Cc1ccc(C)cc1)C(=O)CSCc1ccccc1F. The molecular weight excluding hydrogens is 459 g/mol. The molecule has 0 aliphatic heterocycles. The summed E-state index contributed by atoms with van der Waals surface area (Å²) in [6, 6.07) is 23.7. The van der Waals surface area contributed by atoms with Crippen LogP contribution in [0.3, 0.4) is 0 Å². The highest BCUT2D eigenvalue weighted by atomic mass is 32.2. The number of halogens is 1. The summed E-state index contributed by atoms with van der Waals surface area (Å²) in [7, 11) is 0. The molecule has 0 aliphatic carbocycles. The van der Waals surface area contributed by atoms with Crippen molar-refractivity contribution in [1.82, 2.24) is 10.2 Å². The summed E-state index contributed by atoms with van der Waals surface area (Å²) in [4.78, 5) is 28.5. The van der Waals surface area contributed by atoms with Crippen molar-refractivity contribution in [2.75, 3.05) is 12.3 Å². The first kappa shape index (κ1) is 26.5. The lowest BCUT2D eigenvalue weighted by Gasteiger charge is -2.31. The van der Waals surface area contributed by atoms with Crippen LogP contribution in [-0.2, 0) is 28.3 Å². The Hall–Kier alpha value is -3.12. The Morgan fingerprint density at radius 1 is 0.943 bits per heavy atom. The normalized spacial score (nSPS) is 11.6. The maximum absolute atomic E-state index is 14.0. The van der Waals surface area contributed by atoms with Crippen LogP contribution < -0.4 is 5.32 Å². The second kappa shape index (κ2) is 13.7. The van der Waals surface area contributed by atoms with Gasteiger partial charge in [0.1, 0.15) is 11.9 Å². The average Bonchev–Trinajstić information content (AvgIpc) is 2.87. The summed E-state index contributed by atoms with van der Waals surface area (Å²) in [5.74, 6) is -0.0195. The Morgan fingerprint density at radius 3 is 2.31 bits per heavy atom. The Labute approximate surface area is 211 Å². The fourth-order valence-corrected chi connectivity index (χ4v) is 4.65. The van der Waals surface area contributed by atoms with E-state index in [9.17, 15) is 14.0 Å². The van der Waals surface area contributed by atoms with Gasteiger partial charge in [-0.2, -0.15) is 0 Å². The highest BCUT2D eigenvalue weighted by molar-refractivity contribution is 7.99. The van der Waals surface area contributed by atoms with Gasteiger partial charge in [-0.1, -0.05) is 85.3 Å². The van der Waals surface area contributed by atoms with Gasteiger partial charge in [0.05, 0.1) is 5.75 Å². The molecule has 3 aromatic rings. The number of hydrogen-bond donors (Lipinski definition) is 1. The van der Waals surface area contributed by atoms with Crippen molar-refractivity contribution in [3.8, 4) is 0 Å². The molecule has 0 radical (unpaired) electrons. The third-order valence-corrected chi connectivity index (χ3v) is 6.70. The largest absolute Gasteiger partial charge is 0.354 e. The molecular formula is C29H33FN2O2S. The molecule has 35 heavy (non-hydrogen) atoms. The summed E-state index contributed by atoms with van der Waals surface area (Å²) in [6.07, 6.45) is 1.24. The fourth-order valence-electron chi connectivity index (χ4n) is 3.76. The van der Waals surface area contributed by atoms with E-state index in [1.165, 1.54) is 17.8 Å². The summed E-state index contributed by atoms with van der Waals surface area (Å²) >= 11 is 1.36. The Balaban J connectivity index is 1.83. The van der Waals surface area contributed by atoms with Gasteiger partial charge in [0.15, 0.2) is 0 Å². The van der Waals surface area contributed by atoms with E-state index in [1.54, 1.807) is 23.1 Å². The van der Waals surface area contributed by atoms with Crippen molar-refractivity contribution in [1.29, 1.82) is 0 Å². The molecule has 3 rings (SSSR count). The number of aryl methyl sites for hydroxylation is 1. The topological polar surface area (TPSA) is 49.4 Å². The number of amides is 2. The molecule has 0 saturated carbocycles. The fraction of sp³-hybridized carbons (Fsp3) is 0.310. The van der Waals surface area contributed by atoms with Gasteiger partial charge in [-0.05, 0) is 36.1 Å². The number of thioether (sulfide) groups is 1. The zero-order chi connectivity index (χ0) is 25.0. The van der Waals surface area contributed by atoms with Crippen LogP contribution in [-0.4, -0.2) is 35.1 Å². The van der Waals surface area contributed by atoms with Crippen LogP contribution in [0.15, 0.2) is 78.9 Å². The summed E-state index contributed by atoms with van der Waals surface area (Å²) in [5, 5.41) is 2.98. The van der Waals surface area contributed by atoms with Gasteiger partial charge >= 0.3 is 0 Å². The van der Waals surface area contributed by atoms with Crippen LogP contribution in [0.25, 0.3) is 0 Å². The van der Waals surface area contributed by atoms with Crippen LogP contribution in [0.4, 0.5) is 4.39 Å². The van der Waals surface area contributed by atoms with Crippen LogP contribution in [0.2, 0.25) is 0 Å². The molecule has 0 aromatic heterocycles. The highest BCUT2D eigenvalue weighted by Crippen LogP contribution is 2.20. The standard InChI is InChI=1S/C29H33FN2O2S/c1-3-17-31-29(34)27(18-23-9-5-4-6-10-23)32(19-24-15-13-22(2)14-16-24)28(33)21-35-20-25-11-7-8-12-26(25)30/h4-16,27H,3,17-21H2,1-2H3,(H,31,34). The zero-order valence-corrected chi connectivity index (χ0v) is 21.2. The Morgan fingerprint density at radius 2 is 1.63 bits per heavy atom. The van der Waals surface area contributed by atoms with E-state index in [4.69, 9.17) is 0 Å². The van der Waals surface area contributed by atoms with Crippen molar-refractivity contribution in [3.63, 3.8) is 0 Å². The molecule has 0 saturated heterocycles. The molecule has 3 aromatic carbocycles. The minimum absolute atomic E-state index is 0.139. The smallest absolute Gasteiger partial charge is 0.243 e. The molecule has 0 bridgehead atoms. The molecule has 0 aliphatic rings. The van der Waals surface area contributed by atoms with Gasteiger partial charge in [0.2, 0.25) is 11.8 Å². The van der Waals surface area contributed by atoms with Crippen molar-refractivity contribution in [2.24, 2.45) is 0 Å². The van der Waals surface area contributed by atoms with Crippen LogP contribution in [0.5, 0.6) is 0 Å². The third kappa shape index (κ3) is 8.25. The number of benzene rings is 3. The molecule has 1 unspecified atom stereocenters. The molecule has 4 nitrogen and oxygen atoms in total. The van der Waals surface area contributed by atoms with E-state index >= 15 is 0 Å². The average molecular weight is 493 g/mol. The lowest BCUT2D eigenvalue weighted by molar-refractivity contribution is -0.139. The van der Waals surface area contributed by atoms with Gasteiger partial charge in [-0.15, -0.1) is 11.8 Å². The summed E-state index contributed by atoms with van der Waals surface area (Å²) in [6.45, 7) is 4.90. The van der Waals surface area contributed by atoms with E-state index in [1.807, 2.05) is 68.4 Å². The van der Waals surface area contributed by atoms with Gasteiger partial charge in [-0.3, -0.25) is 9.59 Å². The molecule has 6 heteroatoms. The van der Waals surface area contributed by atoms with E-state index in [0.717, 1.165) is 23.1 Å². The number of carbonyl (C=O) groups excluding carboxylic acids is 2. The lowest BCUT2D eigenvalue weighted by atomic mass is 10.0. The van der Waals surface area contributed by atoms with Crippen LogP contribution in [0.1, 0.15) is 35.6 Å². The predicted octanol–water partition coefficient (Wildman–Crippen LogP) is 5.53. The van der Waals surface area contributed by atoms with E-state index in [-0.39, 0.29) is 23.4 Å². The summed E-state index contributed by atoms with van der Waals surface area (Å²) in [5.41, 5.74) is 3.65. The predicted molar refractivity (Wildman–Crippen MR) is 142 cm³/mol. The molecule has 0 spiro atoms. The number of hydrogen-bond acceptors (Lipinski definition) is 3. The summed E-state index contributed by atoms with van der Waals surface area (Å²) < 4.78 is 14.0. The Kier molecular flexibility index (Phi) is 10.4. The minimum atomic E-state index is -0.646. The number of carbonyl (C=O) groups is 2. The van der Waals surface area contributed by atoms with E-state index in [2.05, 4.69) is 5.32 Å². The molecule has 0 heterocycles. The lowest BCUT2D eigenvalue weighted by Crippen LogP contribution is -2.51. The molecule has 1 atom stereocenters. The highest BCUT2D eigenvalue weighted by Gasteiger charge is 2.30. The first-order valence-corrected chi connectivity index (χ1v) is 13.1. The van der Waals surface area contributed by atoms with Gasteiger partial charge in [0.25, 0.3) is 0 Å². The first-order chi connectivity index (χ1) is 17.0. The molecule has 184 valence electrons. The number of nitrogens with zero attached hydrogens (tertiary/aromatic N) is 1. The quantitative estimate of drug-likeness (QED) is 0.362. The van der Waals surface area contributed by atoms with Crippen molar-refractivity contribution in [2.45, 2.75) is 45.0 Å². The van der Waals surface area contributed by atoms with Gasteiger partial charge < -0.3 is 10.2 Å². The second-order valence-corrected chi connectivity index (χ2v) is 9.57. The van der Waals surface area contributed by atoms with Crippen LogP contribution in [0, 0.1) is 12.7 Å². The second-order valence-electron chi connectivity index (χ2n) is 8.59. The first-order valence-electron chi connectivity index (χ1n) is 12.0. The third-order valence-electron chi connectivity index (χ3n) is 5.73. The van der Waals surface area contributed by atoms with Gasteiger partial charge in [0, 0.05) is 25.3 Å². The molecule has 0 fully saturated rings. The van der Waals surface area contributed by atoms with E-state index in [0.29, 0.717) is 30.8 Å². The maximum atomic E-state index is 14.0. The molecule has 2 amide bonds. The van der Waals surface area contributed by atoms with Gasteiger partial charge in [-0.25, -0.2) is 4.39 Å². The van der Waals surface area contributed by atoms with Crippen molar-refractivity contribution >= 4 is 23.6 Å². The van der Waals surface area contributed by atoms with Crippen LogP contribution >= 0.6 is 11.8 Å². The van der Waals surface area contributed by atoms with E-state index < -0.39 is 6.04 Å². The maximum Gasteiger partial charge on any atom is 0.243 e. The zero-order valence-electron chi connectivity index (χ0n) is 20.4. The minimum Gasteiger partial charge on any atom is -0.354 e.